The first-order valence-electron chi connectivity index (χ1n) is 5.12. The third-order valence-electron chi connectivity index (χ3n) is 2.74. The molecule has 1 aromatic carbocycles. The van der Waals surface area contributed by atoms with E-state index < -0.39 is 0 Å². The largest absolute Gasteiger partial charge is 0.0812 e. The van der Waals surface area contributed by atoms with Gasteiger partial charge in [-0.3, -0.25) is 0 Å². The Bertz CT molecular complexity index is 300. The van der Waals surface area contributed by atoms with Gasteiger partial charge >= 0.3 is 0 Å². The molecular weight excluding hydrogens is 172 g/mol. The van der Waals surface area contributed by atoms with Gasteiger partial charge in [-0.2, -0.15) is 0 Å². The first kappa shape index (κ1) is 8.76. The highest BCUT2D eigenvalue weighted by Gasteiger charge is 2.10. The molecule has 0 aromatic heterocycles. The van der Waals surface area contributed by atoms with E-state index in [1.165, 1.54) is 35.1 Å². The molecule has 0 heterocycles. The molecule has 0 fully saturated rings. The number of hydrogen-bond donors (Lipinski definition) is 0. The summed E-state index contributed by atoms with van der Waals surface area (Å²) in [6.45, 7) is 0. The molecule has 1 unspecified atom stereocenters. The van der Waals surface area contributed by atoms with Gasteiger partial charge in [-0.15, -0.1) is 0 Å². The average molecular weight is 188 g/mol. The van der Waals surface area contributed by atoms with Crippen LogP contribution in [-0.2, 0) is 0 Å². The maximum Gasteiger partial charge on any atom is 0.0115 e. The van der Waals surface area contributed by atoms with Crippen molar-refractivity contribution in [3.8, 4) is 0 Å². The second-order valence-electron chi connectivity index (χ2n) is 3.93. The molecule has 0 aliphatic heterocycles. The Morgan fingerprint density at radius 2 is 1.92 bits per heavy atom. The fraction of sp³-hybridized carbons (Fsp3) is 0.333. The second-order valence-corrected chi connectivity index (χ2v) is 5.41. The molecule has 1 aromatic rings. The molecule has 0 N–H and O–H groups in total. The molecule has 1 aliphatic carbocycles. The van der Waals surface area contributed by atoms with Crippen LogP contribution >= 0.6 is 0 Å². The number of benzene rings is 1. The van der Waals surface area contributed by atoms with Crippen LogP contribution in [-0.4, -0.2) is 10.2 Å². The number of rotatable bonds is 1. The zero-order chi connectivity index (χ0) is 9.10. The first-order chi connectivity index (χ1) is 6.36. The fourth-order valence-corrected chi connectivity index (χ4v) is 2.83. The molecule has 0 nitrogen and oxygen atoms in total. The van der Waals surface area contributed by atoms with Gasteiger partial charge in [0.2, 0.25) is 0 Å². The smallest absolute Gasteiger partial charge is 0.0115 e. The van der Waals surface area contributed by atoms with Crippen LogP contribution < -0.4 is 0 Å². The van der Waals surface area contributed by atoms with Crippen molar-refractivity contribution in [2.45, 2.75) is 24.8 Å². The molecule has 0 saturated heterocycles. The number of allylic oxidation sites excluding steroid dienone is 2. The van der Waals surface area contributed by atoms with Crippen molar-refractivity contribution in [2.75, 3.05) is 0 Å². The van der Waals surface area contributed by atoms with Gasteiger partial charge in [0, 0.05) is 10.2 Å². The van der Waals surface area contributed by atoms with Crippen molar-refractivity contribution in [2.24, 2.45) is 0 Å². The summed E-state index contributed by atoms with van der Waals surface area (Å²) in [5, 5.41) is 0. The molecule has 1 heteroatoms. The molecular formula is C12H16Si. The third kappa shape index (κ3) is 2.10. The molecule has 0 radical (unpaired) electrons. The lowest BCUT2D eigenvalue weighted by Gasteiger charge is -2.17. The first-order valence-corrected chi connectivity index (χ1v) is 6.28. The Kier molecular flexibility index (Phi) is 2.64. The van der Waals surface area contributed by atoms with Gasteiger partial charge in [-0.1, -0.05) is 36.4 Å². The SMILES string of the molecule is [SiH3]C1C=C(c2ccccc2)CCC1. The molecule has 0 saturated carbocycles. The average Bonchev–Trinajstić information content (AvgIpc) is 2.19. The van der Waals surface area contributed by atoms with E-state index in [0.717, 1.165) is 5.54 Å². The van der Waals surface area contributed by atoms with Crippen LogP contribution in [0.3, 0.4) is 0 Å². The summed E-state index contributed by atoms with van der Waals surface area (Å²) in [5.41, 5.74) is 3.92. The van der Waals surface area contributed by atoms with E-state index in [1.54, 1.807) is 5.57 Å². The van der Waals surface area contributed by atoms with Gasteiger partial charge in [0.05, 0.1) is 0 Å². The third-order valence-corrected chi connectivity index (χ3v) is 3.65. The van der Waals surface area contributed by atoms with Crippen LogP contribution in [0.1, 0.15) is 24.8 Å². The van der Waals surface area contributed by atoms with Crippen molar-refractivity contribution in [1.29, 1.82) is 0 Å². The normalized spacial score (nSPS) is 22.8. The number of hydrogen-bond acceptors (Lipinski definition) is 0. The van der Waals surface area contributed by atoms with Crippen LogP contribution in [0.25, 0.3) is 5.57 Å². The summed E-state index contributed by atoms with van der Waals surface area (Å²) in [6.07, 6.45) is 6.57. The minimum absolute atomic E-state index is 0.906. The Hall–Kier alpha value is -0.823. The van der Waals surface area contributed by atoms with Gasteiger partial charge in [-0.25, -0.2) is 0 Å². The van der Waals surface area contributed by atoms with E-state index in [-0.39, 0.29) is 0 Å². The summed E-state index contributed by atoms with van der Waals surface area (Å²) in [4.78, 5) is 0. The molecule has 1 atom stereocenters. The van der Waals surface area contributed by atoms with E-state index in [0.29, 0.717) is 0 Å². The maximum absolute atomic E-state index is 2.49. The molecule has 0 amide bonds. The predicted molar refractivity (Wildman–Crippen MR) is 62.0 cm³/mol. The molecule has 68 valence electrons. The van der Waals surface area contributed by atoms with Gasteiger partial charge in [0.15, 0.2) is 0 Å². The Labute approximate surface area is 83.1 Å². The minimum Gasteiger partial charge on any atom is -0.0812 e. The van der Waals surface area contributed by atoms with Gasteiger partial charge in [-0.05, 0) is 35.9 Å². The van der Waals surface area contributed by atoms with E-state index >= 15 is 0 Å². The van der Waals surface area contributed by atoms with E-state index in [2.05, 4.69) is 36.4 Å². The van der Waals surface area contributed by atoms with Gasteiger partial charge in [0.1, 0.15) is 0 Å². The molecule has 0 bridgehead atoms. The van der Waals surface area contributed by atoms with Crippen LogP contribution in [0.2, 0.25) is 5.54 Å². The van der Waals surface area contributed by atoms with Crippen LogP contribution in [0.4, 0.5) is 0 Å². The van der Waals surface area contributed by atoms with E-state index in [1.807, 2.05) is 0 Å². The molecule has 0 spiro atoms. The second kappa shape index (κ2) is 3.92. The molecule has 13 heavy (non-hydrogen) atoms. The highest BCUT2D eigenvalue weighted by atomic mass is 28.1. The summed E-state index contributed by atoms with van der Waals surface area (Å²) < 4.78 is 0. The van der Waals surface area contributed by atoms with Crippen LogP contribution in [0, 0.1) is 0 Å². The van der Waals surface area contributed by atoms with Crippen molar-refractivity contribution in [3.63, 3.8) is 0 Å². The van der Waals surface area contributed by atoms with E-state index in [4.69, 9.17) is 0 Å². The summed E-state index contributed by atoms with van der Waals surface area (Å²) >= 11 is 0. The Balaban J connectivity index is 2.26. The zero-order valence-electron chi connectivity index (χ0n) is 8.16. The minimum atomic E-state index is 0.906. The highest BCUT2D eigenvalue weighted by Crippen LogP contribution is 2.30. The van der Waals surface area contributed by atoms with Crippen molar-refractivity contribution >= 4 is 15.8 Å². The van der Waals surface area contributed by atoms with Gasteiger partial charge < -0.3 is 0 Å². The molecule has 2 rings (SSSR count). The maximum atomic E-state index is 2.49. The lowest BCUT2D eigenvalue weighted by atomic mass is 9.93. The summed E-state index contributed by atoms with van der Waals surface area (Å²) in [7, 11) is 1.31. The van der Waals surface area contributed by atoms with Crippen molar-refractivity contribution in [3.05, 3.63) is 42.0 Å². The summed E-state index contributed by atoms with van der Waals surface area (Å²) in [6, 6.07) is 10.8. The Morgan fingerprint density at radius 1 is 1.15 bits per heavy atom. The van der Waals surface area contributed by atoms with Gasteiger partial charge in [0.25, 0.3) is 0 Å². The topological polar surface area (TPSA) is 0 Å². The van der Waals surface area contributed by atoms with Crippen molar-refractivity contribution < 1.29 is 0 Å². The predicted octanol–water partition coefficient (Wildman–Crippen LogP) is 2.41. The van der Waals surface area contributed by atoms with Crippen LogP contribution in [0.5, 0.6) is 0 Å². The Morgan fingerprint density at radius 3 is 2.62 bits per heavy atom. The standard InChI is InChI=1S/C12H16Si/c13-12-8-4-7-11(9-12)10-5-2-1-3-6-10/h1-3,5-6,9,12H,4,7-8H2,13H3. The van der Waals surface area contributed by atoms with E-state index in [9.17, 15) is 0 Å². The molecule has 1 aliphatic rings. The lowest BCUT2D eigenvalue weighted by Crippen LogP contribution is -1.98. The lowest BCUT2D eigenvalue weighted by molar-refractivity contribution is 0.740. The van der Waals surface area contributed by atoms with Crippen LogP contribution in [0.15, 0.2) is 36.4 Å². The quantitative estimate of drug-likeness (QED) is 0.594. The monoisotopic (exact) mass is 188 g/mol. The zero-order valence-corrected chi connectivity index (χ0v) is 10.2. The fourth-order valence-electron chi connectivity index (χ4n) is 2.02. The highest BCUT2D eigenvalue weighted by molar-refractivity contribution is 6.13. The summed E-state index contributed by atoms with van der Waals surface area (Å²) in [5.74, 6) is 0. The van der Waals surface area contributed by atoms with Crippen molar-refractivity contribution in [1.82, 2.24) is 0 Å².